The first-order valence-corrected chi connectivity index (χ1v) is 13.1. The van der Waals surface area contributed by atoms with Crippen LogP contribution in [-0.4, -0.2) is 48.8 Å². The zero-order valence-corrected chi connectivity index (χ0v) is 21.6. The SMILES string of the molecule is O=C(O)C=Cc1cc(C[C@H](NC(=O)c2ccc3c(c2)nc(-c2ccoc2)n3C2CCCCC2)C(=O)O)ccc1O. The predicted octanol–water partition coefficient (Wildman–Crippen LogP) is 5.03. The standard InChI is InChI=1S/C30H29N3O7/c34-26-10-6-18(14-19(26)8-11-27(35)36)15-24(30(38)39)32-29(37)20-7-9-25-23(16-20)31-28(21-12-13-40-17-21)33(25)22-4-2-1-3-5-22/h6-14,16-17,22,24,34H,1-5,15H2,(H,32,37)(H,35,36)(H,38,39)/t24-/m0/s1. The molecule has 2 heterocycles. The van der Waals surface area contributed by atoms with Gasteiger partial charge in [0.15, 0.2) is 0 Å². The number of carboxylic acids is 2. The number of aliphatic carboxylic acids is 2. The monoisotopic (exact) mass is 543 g/mol. The van der Waals surface area contributed by atoms with Gasteiger partial charge in [-0.05, 0) is 60.9 Å². The molecule has 0 spiro atoms. The zero-order valence-electron chi connectivity index (χ0n) is 21.6. The van der Waals surface area contributed by atoms with Gasteiger partial charge in [-0.25, -0.2) is 14.6 Å². The van der Waals surface area contributed by atoms with E-state index in [1.165, 1.54) is 30.7 Å². The largest absolute Gasteiger partial charge is 0.507 e. The quantitative estimate of drug-likeness (QED) is 0.214. The van der Waals surface area contributed by atoms with Crippen molar-refractivity contribution in [2.24, 2.45) is 0 Å². The number of imidazole rings is 1. The Morgan fingerprint density at radius 3 is 2.58 bits per heavy atom. The molecule has 1 saturated carbocycles. The summed E-state index contributed by atoms with van der Waals surface area (Å²) in [6.07, 6.45) is 10.9. The molecule has 4 N–H and O–H groups in total. The summed E-state index contributed by atoms with van der Waals surface area (Å²) in [4.78, 5) is 40.9. The van der Waals surface area contributed by atoms with E-state index >= 15 is 0 Å². The van der Waals surface area contributed by atoms with E-state index in [9.17, 15) is 24.6 Å². The molecular weight excluding hydrogens is 514 g/mol. The van der Waals surface area contributed by atoms with E-state index in [1.54, 1.807) is 24.7 Å². The smallest absolute Gasteiger partial charge is 0.328 e. The van der Waals surface area contributed by atoms with Crippen LogP contribution in [-0.2, 0) is 16.0 Å². The summed E-state index contributed by atoms with van der Waals surface area (Å²) in [6, 6.07) is 10.4. The summed E-state index contributed by atoms with van der Waals surface area (Å²) in [6.45, 7) is 0. The van der Waals surface area contributed by atoms with Crippen molar-refractivity contribution in [3.05, 3.63) is 77.8 Å². The van der Waals surface area contributed by atoms with E-state index in [-0.39, 0.29) is 23.3 Å². The number of carbonyl (C=O) groups is 3. The number of benzene rings is 2. The Hall–Kier alpha value is -4.86. The second-order valence-electron chi connectivity index (χ2n) is 9.95. The van der Waals surface area contributed by atoms with Gasteiger partial charge in [0.05, 0.1) is 22.9 Å². The van der Waals surface area contributed by atoms with E-state index in [1.807, 2.05) is 12.1 Å². The maximum absolute atomic E-state index is 13.2. The van der Waals surface area contributed by atoms with Crippen molar-refractivity contribution in [2.75, 3.05) is 0 Å². The van der Waals surface area contributed by atoms with E-state index in [0.29, 0.717) is 17.1 Å². The molecule has 10 heteroatoms. The number of phenols is 1. The van der Waals surface area contributed by atoms with Crippen LogP contribution >= 0.6 is 0 Å². The predicted molar refractivity (Wildman–Crippen MR) is 147 cm³/mol. The highest BCUT2D eigenvalue weighted by Crippen LogP contribution is 2.36. The topological polar surface area (TPSA) is 155 Å². The van der Waals surface area contributed by atoms with E-state index in [2.05, 4.69) is 9.88 Å². The number of carbonyl (C=O) groups excluding carboxylic acids is 1. The highest BCUT2D eigenvalue weighted by atomic mass is 16.4. The van der Waals surface area contributed by atoms with Gasteiger partial charge < -0.3 is 29.6 Å². The Bertz CT molecular complexity index is 1580. The lowest BCUT2D eigenvalue weighted by molar-refractivity contribution is -0.139. The van der Waals surface area contributed by atoms with Crippen molar-refractivity contribution in [1.82, 2.24) is 14.9 Å². The highest BCUT2D eigenvalue weighted by molar-refractivity contribution is 5.99. The summed E-state index contributed by atoms with van der Waals surface area (Å²) in [5.74, 6) is -2.34. The number of amides is 1. The summed E-state index contributed by atoms with van der Waals surface area (Å²) in [5.41, 5.74) is 3.40. The van der Waals surface area contributed by atoms with Crippen LogP contribution in [0.1, 0.15) is 59.6 Å². The number of phenolic OH excluding ortho intramolecular Hbond substituents is 1. The van der Waals surface area contributed by atoms with Gasteiger partial charge in [0, 0.05) is 29.7 Å². The second kappa shape index (κ2) is 11.5. The number of hydrogen-bond donors (Lipinski definition) is 4. The average Bonchev–Trinajstić information content (AvgIpc) is 3.61. The van der Waals surface area contributed by atoms with Crippen LogP contribution in [0.5, 0.6) is 5.75 Å². The van der Waals surface area contributed by atoms with Crippen LogP contribution < -0.4 is 5.32 Å². The molecule has 40 heavy (non-hydrogen) atoms. The van der Waals surface area contributed by atoms with Crippen LogP contribution in [0.25, 0.3) is 28.5 Å². The molecule has 4 aromatic rings. The number of carboxylic acid groups (broad SMARTS) is 2. The molecular formula is C30H29N3O7. The molecule has 0 radical (unpaired) electrons. The number of nitrogens with one attached hydrogen (secondary N) is 1. The third-order valence-corrected chi connectivity index (χ3v) is 7.21. The first kappa shape index (κ1) is 26.7. The Labute approximate surface area is 229 Å². The van der Waals surface area contributed by atoms with Crippen molar-refractivity contribution in [1.29, 1.82) is 0 Å². The van der Waals surface area contributed by atoms with E-state index < -0.39 is 23.9 Å². The number of rotatable bonds is 9. The van der Waals surface area contributed by atoms with Crippen molar-refractivity contribution in [3.63, 3.8) is 0 Å². The number of nitrogens with zero attached hydrogens (tertiary/aromatic N) is 2. The molecule has 1 aliphatic carbocycles. The minimum Gasteiger partial charge on any atom is -0.507 e. The first-order chi connectivity index (χ1) is 19.3. The van der Waals surface area contributed by atoms with Crippen LogP contribution in [0.3, 0.4) is 0 Å². The fraction of sp³-hybridized carbons (Fsp3) is 0.267. The Morgan fingerprint density at radius 1 is 1.07 bits per heavy atom. The fourth-order valence-electron chi connectivity index (χ4n) is 5.25. The van der Waals surface area contributed by atoms with Crippen molar-refractivity contribution in [3.8, 4) is 17.1 Å². The third kappa shape index (κ3) is 5.75. The maximum atomic E-state index is 13.2. The van der Waals surface area contributed by atoms with Gasteiger partial charge in [-0.1, -0.05) is 25.3 Å². The number of aromatic hydroxyl groups is 1. The van der Waals surface area contributed by atoms with Gasteiger partial charge in [-0.3, -0.25) is 4.79 Å². The summed E-state index contributed by atoms with van der Waals surface area (Å²) < 4.78 is 7.53. The molecule has 0 unspecified atom stereocenters. The number of fused-ring (bicyclic) bond motifs is 1. The molecule has 0 bridgehead atoms. The lowest BCUT2D eigenvalue weighted by atomic mass is 9.95. The minimum absolute atomic E-state index is 0.0710. The highest BCUT2D eigenvalue weighted by Gasteiger charge is 2.25. The number of furan rings is 1. The van der Waals surface area contributed by atoms with Crippen molar-refractivity contribution < 1.29 is 34.1 Å². The fourth-order valence-corrected chi connectivity index (χ4v) is 5.25. The molecule has 1 aliphatic rings. The van der Waals surface area contributed by atoms with Crippen molar-refractivity contribution >= 4 is 35.0 Å². The van der Waals surface area contributed by atoms with Gasteiger partial charge in [0.2, 0.25) is 0 Å². The first-order valence-electron chi connectivity index (χ1n) is 13.1. The molecule has 2 aromatic carbocycles. The molecule has 1 atom stereocenters. The number of aromatic nitrogens is 2. The lowest BCUT2D eigenvalue weighted by Crippen LogP contribution is -2.42. The lowest BCUT2D eigenvalue weighted by Gasteiger charge is -2.25. The average molecular weight is 544 g/mol. The molecule has 5 rings (SSSR count). The van der Waals surface area contributed by atoms with Gasteiger partial charge in [0.25, 0.3) is 5.91 Å². The molecule has 206 valence electrons. The Balaban J connectivity index is 1.40. The molecule has 0 aliphatic heterocycles. The van der Waals surface area contributed by atoms with Gasteiger partial charge in [-0.2, -0.15) is 0 Å². The third-order valence-electron chi connectivity index (χ3n) is 7.21. The molecule has 10 nitrogen and oxygen atoms in total. The normalized spacial score (nSPS) is 14.9. The Morgan fingerprint density at radius 2 is 1.88 bits per heavy atom. The van der Waals surface area contributed by atoms with Crippen LogP contribution in [0.2, 0.25) is 0 Å². The molecule has 1 amide bonds. The number of hydrogen-bond acceptors (Lipinski definition) is 6. The van der Waals surface area contributed by atoms with E-state index in [0.717, 1.165) is 48.7 Å². The molecule has 2 aromatic heterocycles. The van der Waals surface area contributed by atoms with Crippen molar-refractivity contribution in [2.45, 2.75) is 50.6 Å². The second-order valence-corrected chi connectivity index (χ2v) is 9.95. The van der Waals surface area contributed by atoms with Crippen LogP contribution in [0.4, 0.5) is 0 Å². The van der Waals surface area contributed by atoms with Gasteiger partial charge >= 0.3 is 11.9 Å². The zero-order chi connectivity index (χ0) is 28.2. The molecule has 1 fully saturated rings. The maximum Gasteiger partial charge on any atom is 0.328 e. The van der Waals surface area contributed by atoms with Gasteiger partial charge in [-0.15, -0.1) is 0 Å². The summed E-state index contributed by atoms with van der Waals surface area (Å²) in [7, 11) is 0. The summed E-state index contributed by atoms with van der Waals surface area (Å²) >= 11 is 0. The minimum atomic E-state index is -1.26. The van der Waals surface area contributed by atoms with Crippen LogP contribution in [0, 0.1) is 0 Å². The van der Waals surface area contributed by atoms with Gasteiger partial charge in [0.1, 0.15) is 23.9 Å². The summed E-state index contributed by atoms with van der Waals surface area (Å²) in [5, 5.41) is 31.2. The Kier molecular flexibility index (Phi) is 7.68. The van der Waals surface area contributed by atoms with Crippen LogP contribution in [0.15, 0.2) is 65.5 Å². The molecule has 0 saturated heterocycles. The van der Waals surface area contributed by atoms with E-state index in [4.69, 9.17) is 14.5 Å².